The van der Waals surface area contributed by atoms with Gasteiger partial charge in [-0.15, -0.1) is 0 Å². The van der Waals surface area contributed by atoms with E-state index in [9.17, 15) is 0 Å². The van der Waals surface area contributed by atoms with Crippen molar-refractivity contribution in [3.63, 3.8) is 0 Å². The van der Waals surface area contributed by atoms with Gasteiger partial charge in [-0.3, -0.25) is 0 Å². The third kappa shape index (κ3) is 3.93. The second-order valence-corrected chi connectivity index (χ2v) is 5.06. The molecule has 0 aliphatic carbocycles. The van der Waals surface area contributed by atoms with Gasteiger partial charge in [0, 0.05) is 13.1 Å². The summed E-state index contributed by atoms with van der Waals surface area (Å²) in [5.41, 5.74) is 4.27. The Kier molecular flexibility index (Phi) is 5.17. The van der Waals surface area contributed by atoms with Crippen molar-refractivity contribution in [1.29, 1.82) is 0 Å². The number of hydrogen-bond donors (Lipinski definition) is 1. The van der Waals surface area contributed by atoms with E-state index >= 15 is 0 Å². The summed E-state index contributed by atoms with van der Waals surface area (Å²) in [6.45, 7) is 6.46. The van der Waals surface area contributed by atoms with Gasteiger partial charge in [-0.2, -0.15) is 0 Å². The van der Waals surface area contributed by atoms with Crippen molar-refractivity contribution < 1.29 is 0 Å². The fourth-order valence-corrected chi connectivity index (χ4v) is 2.40. The van der Waals surface area contributed by atoms with E-state index in [2.05, 4.69) is 73.8 Å². The molecule has 0 aliphatic rings. The molecule has 2 aromatic rings. The van der Waals surface area contributed by atoms with Gasteiger partial charge < -0.3 is 5.32 Å². The van der Waals surface area contributed by atoms with E-state index in [1.165, 1.54) is 16.7 Å². The van der Waals surface area contributed by atoms with Gasteiger partial charge in [-0.25, -0.2) is 0 Å². The third-order valence-electron chi connectivity index (χ3n) is 3.63. The van der Waals surface area contributed by atoms with Crippen molar-refractivity contribution in [3.05, 3.63) is 71.3 Å². The van der Waals surface area contributed by atoms with Gasteiger partial charge in [0.15, 0.2) is 0 Å². The van der Waals surface area contributed by atoms with E-state index in [0.717, 1.165) is 19.5 Å². The quantitative estimate of drug-likeness (QED) is 0.815. The highest BCUT2D eigenvalue weighted by molar-refractivity contribution is 5.27. The summed E-state index contributed by atoms with van der Waals surface area (Å²) in [6.07, 6.45) is 1.10. The third-order valence-corrected chi connectivity index (χ3v) is 3.63. The van der Waals surface area contributed by atoms with Gasteiger partial charge in [0.25, 0.3) is 0 Å². The fraction of sp³-hybridized carbons (Fsp3) is 0.333. The van der Waals surface area contributed by atoms with Gasteiger partial charge in [-0.05, 0) is 29.0 Å². The molecule has 0 fully saturated rings. The van der Waals surface area contributed by atoms with Gasteiger partial charge in [0.05, 0.1) is 0 Å². The van der Waals surface area contributed by atoms with Crippen LogP contribution in [0, 0.1) is 0 Å². The Labute approximate surface area is 116 Å². The Bertz CT molecular complexity index is 490. The minimum Gasteiger partial charge on any atom is -0.312 e. The van der Waals surface area contributed by atoms with Crippen LogP contribution >= 0.6 is 0 Å². The maximum Gasteiger partial charge on any atom is 0.0208 e. The number of rotatable bonds is 6. The largest absolute Gasteiger partial charge is 0.312 e. The molecule has 1 nitrogen and oxygen atoms in total. The van der Waals surface area contributed by atoms with Crippen LogP contribution in [-0.2, 0) is 13.0 Å². The van der Waals surface area contributed by atoms with Crippen molar-refractivity contribution in [1.82, 2.24) is 5.32 Å². The molecule has 0 amide bonds. The maximum atomic E-state index is 3.57. The average molecular weight is 253 g/mol. The van der Waals surface area contributed by atoms with Crippen molar-refractivity contribution in [2.75, 3.05) is 6.54 Å². The van der Waals surface area contributed by atoms with Gasteiger partial charge >= 0.3 is 0 Å². The van der Waals surface area contributed by atoms with E-state index in [1.807, 2.05) is 0 Å². The van der Waals surface area contributed by atoms with Crippen molar-refractivity contribution in [3.8, 4) is 0 Å². The fourth-order valence-electron chi connectivity index (χ4n) is 2.40. The lowest BCUT2D eigenvalue weighted by Gasteiger charge is -2.14. The van der Waals surface area contributed by atoms with E-state index in [4.69, 9.17) is 0 Å². The molecule has 2 rings (SSSR count). The number of benzene rings is 2. The highest BCUT2D eigenvalue weighted by Gasteiger charge is 2.05. The maximum absolute atomic E-state index is 3.57. The first-order valence-electron chi connectivity index (χ1n) is 7.13. The zero-order valence-electron chi connectivity index (χ0n) is 11.9. The lowest BCUT2D eigenvalue weighted by molar-refractivity contribution is 0.613. The number of nitrogens with one attached hydrogen (secondary N) is 1. The SMILES string of the molecule is CCc1ccccc1CNCC(C)c1ccccc1. The first kappa shape index (κ1) is 13.8. The average Bonchev–Trinajstić information content (AvgIpc) is 2.48. The molecule has 0 heterocycles. The zero-order chi connectivity index (χ0) is 13.5. The summed E-state index contributed by atoms with van der Waals surface area (Å²) < 4.78 is 0. The highest BCUT2D eigenvalue weighted by atomic mass is 14.9. The van der Waals surface area contributed by atoms with Crippen LogP contribution in [0.1, 0.15) is 36.5 Å². The van der Waals surface area contributed by atoms with Crippen molar-refractivity contribution in [2.45, 2.75) is 32.7 Å². The molecular formula is C18H23N. The summed E-state index contributed by atoms with van der Waals surface area (Å²) >= 11 is 0. The molecule has 2 aromatic carbocycles. The summed E-state index contributed by atoms with van der Waals surface area (Å²) in [4.78, 5) is 0. The molecule has 0 radical (unpaired) electrons. The summed E-state index contributed by atoms with van der Waals surface area (Å²) in [7, 11) is 0. The lowest BCUT2D eigenvalue weighted by atomic mass is 10.0. The molecule has 0 bridgehead atoms. The molecule has 0 saturated carbocycles. The Hall–Kier alpha value is -1.60. The predicted octanol–water partition coefficient (Wildman–Crippen LogP) is 4.14. The molecule has 1 heteroatoms. The van der Waals surface area contributed by atoms with Crippen molar-refractivity contribution >= 4 is 0 Å². The highest BCUT2D eigenvalue weighted by Crippen LogP contribution is 2.14. The summed E-state index contributed by atoms with van der Waals surface area (Å²) in [5.74, 6) is 0.551. The van der Waals surface area contributed by atoms with Crippen LogP contribution in [0.5, 0.6) is 0 Å². The second kappa shape index (κ2) is 7.10. The standard InChI is InChI=1S/C18H23N/c1-3-16-9-7-8-12-18(16)14-19-13-15(2)17-10-5-4-6-11-17/h4-12,15,19H,3,13-14H2,1-2H3. The van der Waals surface area contributed by atoms with Crippen LogP contribution in [-0.4, -0.2) is 6.54 Å². The molecule has 1 unspecified atom stereocenters. The summed E-state index contributed by atoms with van der Waals surface area (Å²) in [6, 6.07) is 19.4. The van der Waals surface area contributed by atoms with Gasteiger partial charge in [-0.1, -0.05) is 68.4 Å². The molecule has 1 N–H and O–H groups in total. The van der Waals surface area contributed by atoms with Crippen LogP contribution in [0.3, 0.4) is 0 Å². The molecule has 0 spiro atoms. The van der Waals surface area contributed by atoms with E-state index < -0.39 is 0 Å². The molecular weight excluding hydrogens is 230 g/mol. The molecule has 100 valence electrons. The van der Waals surface area contributed by atoms with Crippen LogP contribution in [0.15, 0.2) is 54.6 Å². The van der Waals surface area contributed by atoms with Crippen molar-refractivity contribution in [2.24, 2.45) is 0 Å². The lowest BCUT2D eigenvalue weighted by Crippen LogP contribution is -2.20. The monoisotopic (exact) mass is 253 g/mol. The normalized spacial score (nSPS) is 12.3. The first-order chi connectivity index (χ1) is 9.31. The van der Waals surface area contributed by atoms with E-state index in [1.54, 1.807) is 0 Å². The minimum atomic E-state index is 0.551. The topological polar surface area (TPSA) is 12.0 Å². The van der Waals surface area contributed by atoms with Crippen LogP contribution in [0.25, 0.3) is 0 Å². The number of hydrogen-bond acceptors (Lipinski definition) is 1. The van der Waals surface area contributed by atoms with Crippen LogP contribution in [0.2, 0.25) is 0 Å². The first-order valence-corrected chi connectivity index (χ1v) is 7.13. The molecule has 0 aromatic heterocycles. The summed E-state index contributed by atoms with van der Waals surface area (Å²) in [5, 5.41) is 3.57. The van der Waals surface area contributed by atoms with Gasteiger partial charge in [0.2, 0.25) is 0 Å². The number of aryl methyl sites for hydroxylation is 1. The van der Waals surface area contributed by atoms with Crippen LogP contribution in [0.4, 0.5) is 0 Å². The second-order valence-electron chi connectivity index (χ2n) is 5.06. The smallest absolute Gasteiger partial charge is 0.0208 e. The predicted molar refractivity (Wildman–Crippen MR) is 82.4 cm³/mol. The van der Waals surface area contributed by atoms with E-state index in [-0.39, 0.29) is 0 Å². The Morgan fingerprint density at radius 2 is 1.53 bits per heavy atom. The Balaban J connectivity index is 1.87. The Morgan fingerprint density at radius 3 is 2.21 bits per heavy atom. The zero-order valence-corrected chi connectivity index (χ0v) is 11.9. The molecule has 0 saturated heterocycles. The van der Waals surface area contributed by atoms with Gasteiger partial charge in [0.1, 0.15) is 0 Å². The van der Waals surface area contributed by atoms with Crippen LogP contribution < -0.4 is 5.32 Å². The Morgan fingerprint density at radius 1 is 0.895 bits per heavy atom. The molecule has 19 heavy (non-hydrogen) atoms. The van der Waals surface area contributed by atoms with E-state index in [0.29, 0.717) is 5.92 Å². The molecule has 0 aliphatic heterocycles. The minimum absolute atomic E-state index is 0.551. The molecule has 1 atom stereocenters.